The lowest BCUT2D eigenvalue weighted by molar-refractivity contribution is -0.132. The van der Waals surface area contributed by atoms with E-state index in [-0.39, 0.29) is 12.2 Å². The normalized spacial score (nSPS) is 18.9. The van der Waals surface area contributed by atoms with E-state index in [0.717, 1.165) is 18.1 Å². The number of carbonyl (C=O) groups is 2. The molecule has 10 heteroatoms. The second-order valence-electron chi connectivity index (χ2n) is 6.31. The van der Waals surface area contributed by atoms with Crippen LogP contribution < -0.4 is 10.4 Å². The van der Waals surface area contributed by atoms with Crippen molar-refractivity contribution in [2.24, 2.45) is 0 Å². The molecular formula is C17H19FN2O6S. The third-order valence-corrected chi connectivity index (χ3v) is 6.39. The van der Waals surface area contributed by atoms with Gasteiger partial charge in [0, 0.05) is 18.2 Å². The fourth-order valence-electron chi connectivity index (χ4n) is 2.74. The van der Waals surface area contributed by atoms with Gasteiger partial charge >= 0.3 is 6.09 Å². The number of nitrogens with zero attached hydrogens (tertiary/aromatic N) is 1. The molecule has 0 saturated carbocycles. The molecule has 1 aliphatic rings. The lowest BCUT2D eigenvalue weighted by Gasteiger charge is -2.26. The zero-order valence-electron chi connectivity index (χ0n) is 14.9. The number of sulfone groups is 1. The number of rotatable bonds is 5. The molecule has 1 aromatic carbocycles. The van der Waals surface area contributed by atoms with Crippen LogP contribution in [0.1, 0.15) is 25.8 Å². The average Bonchev–Trinajstić information content (AvgIpc) is 2.93. The second-order valence-corrected chi connectivity index (χ2v) is 8.75. The number of carbonyl (C=O) groups excluding carboxylic acids is 2. The van der Waals surface area contributed by atoms with Crippen LogP contribution in [0, 0.1) is 17.7 Å². The summed E-state index contributed by atoms with van der Waals surface area (Å²) < 4.78 is 41.5. The highest BCUT2D eigenvalue weighted by Gasteiger charge is 2.48. The van der Waals surface area contributed by atoms with E-state index in [9.17, 15) is 22.4 Å². The summed E-state index contributed by atoms with van der Waals surface area (Å²) in [4.78, 5) is 25.0. The molecule has 0 aromatic heterocycles. The van der Waals surface area contributed by atoms with Crippen LogP contribution in [-0.2, 0) is 19.4 Å². The maximum Gasteiger partial charge on any atom is 0.414 e. The van der Waals surface area contributed by atoms with Gasteiger partial charge in [0.2, 0.25) is 0 Å². The number of cyclic esters (lactones) is 1. The molecule has 27 heavy (non-hydrogen) atoms. The molecule has 1 saturated heterocycles. The Labute approximate surface area is 156 Å². The molecule has 2 rings (SSSR count). The predicted octanol–water partition coefficient (Wildman–Crippen LogP) is 1.22. The Morgan fingerprint density at radius 3 is 2.70 bits per heavy atom. The van der Waals surface area contributed by atoms with Crippen LogP contribution >= 0.6 is 0 Å². The fourth-order valence-corrected chi connectivity index (χ4v) is 3.61. The summed E-state index contributed by atoms with van der Waals surface area (Å²) in [6.07, 6.45) is -1.43. The molecule has 0 aliphatic carbocycles. The van der Waals surface area contributed by atoms with Gasteiger partial charge in [-0.05, 0) is 32.0 Å². The molecule has 0 spiro atoms. The van der Waals surface area contributed by atoms with Gasteiger partial charge in [-0.3, -0.25) is 14.9 Å². The molecule has 0 bridgehead atoms. The Hall–Kier alpha value is -2.64. The van der Waals surface area contributed by atoms with E-state index in [1.165, 1.54) is 23.7 Å². The smallest absolute Gasteiger partial charge is 0.414 e. The molecule has 8 nitrogen and oxygen atoms in total. The monoisotopic (exact) mass is 398 g/mol. The van der Waals surface area contributed by atoms with E-state index in [1.807, 2.05) is 0 Å². The largest absolute Gasteiger partial charge is 0.444 e. The summed E-state index contributed by atoms with van der Waals surface area (Å²) in [5, 5.41) is 8.85. The second kappa shape index (κ2) is 7.54. The van der Waals surface area contributed by atoms with Crippen molar-refractivity contribution >= 4 is 27.5 Å². The molecule has 0 unspecified atom stereocenters. The number of hydrogen-bond acceptors (Lipinski definition) is 6. The van der Waals surface area contributed by atoms with E-state index < -0.39 is 44.9 Å². The summed E-state index contributed by atoms with van der Waals surface area (Å²) in [7, 11) is -3.95. The SMILES string of the molecule is CC#Cc1ccc(N2C[C@H](C[C@](C)(C(=O)NO)S(C)(=O)=O)OC2=O)c(F)c1. The highest BCUT2D eigenvalue weighted by molar-refractivity contribution is 7.92. The van der Waals surface area contributed by atoms with E-state index in [4.69, 9.17) is 9.94 Å². The molecule has 146 valence electrons. The fraction of sp³-hybridized carbons (Fsp3) is 0.412. The maximum absolute atomic E-state index is 14.3. The summed E-state index contributed by atoms with van der Waals surface area (Å²) in [5.74, 6) is 3.49. The van der Waals surface area contributed by atoms with Crippen molar-refractivity contribution in [3.63, 3.8) is 0 Å². The number of hydrogen-bond donors (Lipinski definition) is 2. The first-order valence-corrected chi connectivity index (χ1v) is 9.77. The minimum absolute atomic E-state index is 0.0446. The minimum atomic E-state index is -3.95. The lowest BCUT2D eigenvalue weighted by atomic mass is 10.0. The van der Waals surface area contributed by atoms with Gasteiger partial charge in [-0.25, -0.2) is 23.1 Å². The Morgan fingerprint density at radius 1 is 1.52 bits per heavy atom. The van der Waals surface area contributed by atoms with Crippen molar-refractivity contribution in [2.75, 3.05) is 17.7 Å². The molecule has 2 amide bonds. The van der Waals surface area contributed by atoms with Gasteiger partial charge < -0.3 is 4.74 Å². The van der Waals surface area contributed by atoms with E-state index in [2.05, 4.69) is 11.8 Å². The summed E-state index contributed by atoms with van der Waals surface area (Å²) in [5.41, 5.74) is 1.71. The zero-order valence-corrected chi connectivity index (χ0v) is 15.8. The number of halogens is 1. The molecule has 2 atom stereocenters. The van der Waals surface area contributed by atoms with Crippen molar-refractivity contribution in [2.45, 2.75) is 31.1 Å². The van der Waals surface area contributed by atoms with Crippen LogP contribution in [0.5, 0.6) is 0 Å². The maximum atomic E-state index is 14.3. The molecule has 1 aliphatic heterocycles. The first-order chi connectivity index (χ1) is 12.5. The van der Waals surface area contributed by atoms with Gasteiger partial charge in [-0.2, -0.15) is 0 Å². The van der Waals surface area contributed by atoms with Crippen LogP contribution in [0.4, 0.5) is 14.9 Å². The van der Waals surface area contributed by atoms with Crippen molar-refractivity contribution in [1.29, 1.82) is 0 Å². The van der Waals surface area contributed by atoms with Gasteiger partial charge in [-0.1, -0.05) is 5.92 Å². The number of ether oxygens (including phenoxy) is 1. The molecular weight excluding hydrogens is 379 g/mol. The predicted molar refractivity (Wildman–Crippen MR) is 94.4 cm³/mol. The summed E-state index contributed by atoms with van der Waals surface area (Å²) >= 11 is 0. The first kappa shape index (κ1) is 20.7. The van der Waals surface area contributed by atoms with Gasteiger partial charge in [-0.15, -0.1) is 5.92 Å². The van der Waals surface area contributed by atoms with E-state index in [0.29, 0.717) is 5.56 Å². The topological polar surface area (TPSA) is 113 Å². The summed E-state index contributed by atoms with van der Waals surface area (Å²) in [6, 6.07) is 4.08. The van der Waals surface area contributed by atoms with Gasteiger partial charge in [0.1, 0.15) is 11.9 Å². The molecule has 1 aromatic rings. The molecule has 2 N–H and O–H groups in total. The molecule has 1 fully saturated rings. The van der Waals surface area contributed by atoms with Crippen LogP contribution in [0.3, 0.4) is 0 Å². The van der Waals surface area contributed by atoms with Crippen LogP contribution in [0.2, 0.25) is 0 Å². The van der Waals surface area contributed by atoms with Gasteiger partial charge in [0.05, 0.1) is 12.2 Å². The molecule has 0 radical (unpaired) electrons. The third-order valence-electron chi connectivity index (χ3n) is 4.40. The van der Waals surface area contributed by atoms with Crippen molar-refractivity contribution in [3.8, 4) is 11.8 Å². The number of nitrogens with one attached hydrogen (secondary N) is 1. The number of hydroxylamine groups is 1. The van der Waals surface area contributed by atoms with E-state index >= 15 is 0 Å². The lowest BCUT2D eigenvalue weighted by Crippen LogP contribution is -2.51. The quantitative estimate of drug-likeness (QED) is 0.438. The Kier molecular flexibility index (Phi) is 5.77. The first-order valence-electron chi connectivity index (χ1n) is 7.88. The number of benzene rings is 1. The molecule has 1 heterocycles. The average molecular weight is 398 g/mol. The van der Waals surface area contributed by atoms with Crippen LogP contribution in [-0.4, -0.2) is 49.3 Å². The number of amides is 2. The number of anilines is 1. The van der Waals surface area contributed by atoms with Crippen molar-refractivity contribution in [3.05, 3.63) is 29.6 Å². The Bertz CT molecular complexity index is 936. The summed E-state index contributed by atoms with van der Waals surface area (Å²) in [6.45, 7) is 2.57. The van der Waals surface area contributed by atoms with Crippen molar-refractivity contribution < 1.29 is 32.3 Å². The zero-order chi connectivity index (χ0) is 20.4. The van der Waals surface area contributed by atoms with E-state index in [1.54, 1.807) is 6.92 Å². The van der Waals surface area contributed by atoms with Gasteiger partial charge in [0.25, 0.3) is 5.91 Å². The highest BCUT2D eigenvalue weighted by atomic mass is 32.2. The highest BCUT2D eigenvalue weighted by Crippen LogP contribution is 2.31. The van der Waals surface area contributed by atoms with Crippen molar-refractivity contribution in [1.82, 2.24) is 5.48 Å². The minimum Gasteiger partial charge on any atom is -0.444 e. The Balaban J connectivity index is 2.27. The third kappa shape index (κ3) is 4.04. The Morgan fingerprint density at radius 2 is 2.19 bits per heavy atom. The standard InChI is InChI=1S/C17H19FN2O6S/c1-4-5-11-6-7-14(13(18)8-11)20-10-12(26-16(20)22)9-17(2,15(21)19-23)27(3,24)25/h6-8,12,23H,9-10H2,1-3H3,(H,19,21)/t12-,17+/m0/s1. The van der Waals surface area contributed by atoms with Crippen LogP contribution in [0.25, 0.3) is 0 Å². The van der Waals surface area contributed by atoms with Crippen LogP contribution in [0.15, 0.2) is 18.2 Å². The van der Waals surface area contributed by atoms with Gasteiger partial charge in [0.15, 0.2) is 14.6 Å².